The lowest BCUT2D eigenvalue weighted by Gasteiger charge is -2.19. The van der Waals surface area contributed by atoms with Gasteiger partial charge < -0.3 is 28.5 Å². The normalized spacial score (nSPS) is 17.3. The first kappa shape index (κ1) is 29.9. The lowest BCUT2D eigenvalue weighted by atomic mass is 9.99. The largest absolute Gasteiger partial charge is 0.467 e. The third kappa shape index (κ3) is 10.6. The van der Waals surface area contributed by atoms with Gasteiger partial charge in [-0.15, -0.1) is 0 Å². The highest BCUT2D eigenvalue weighted by Gasteiger charge is 2.24. The molecule has 0 saturated heterocycles. The first-order chi connectivity index (χ1) is 19.1. The fourth-order valence-electron chi connectivity index (χ4n) is 3.78. The maximum atomic E-state index is 13.5. The van der Waals surface area contributed by atoms with Crippen molar-refractivity contribution in [2.24, 2.45) is 5.16 Å². The minimum absolute atomic E-state index is 0.0234. The predicted octanol–water partition coefficient (Wildman–Crippen LogP) is 6.39. The molecule has 0 spiro atoms. The highest BCUT2D eigenvalue weighted by Crippen LogP contribution is 2.31. The van der Waals surface area contributed by atoms with Gasteiger partial charge in [-0.25, -0.2) is 4.79 Å². The number of hydrogen-bond acceptors (Lipinski definition) is 8. The van der Waals surface area contributed by atoms with E-state index in [9.17, 15) is 4.79 Å². The molecule has 8 nitrogen and oxygen atoms in total. The van der Waals surface area contributed by atoms with Gasteiger partial charge in [-0.3, -0.25) is 0 Å². The van der Waals surface area contributed by atoms with Crippen molar-refractivity contribution in [2.45, 2.75) is 59.2 Å². The van der Waals surface area contributed by atoms with E-state index in [1.807, 2.05) is 63.3 Å². The summed E-state index contributed by atoms with van der Waals surface area (Å²) in [6.45, 7) is 6.98. The Hall–Kier alpha value is -3.62. The fraction of sp³-hybridized carbons (Fsp3) is 0.419. The monoisotopic (exact) mass is 537 g/mol. The van der Waals surface area contributed by atoms with Crippen LogP contribution in [0.5, 0.6) is 11.5 Å². The van der Waals surface area contributed by atoms with Crippen LogP contribution in [0.15, 0.2) is 71.9 Å². The maximum absolute atomic E-state index is 13.5. The molecule has 0 amide bonds. The number of rotatable bonds is 11. The van der Waals surface area contributed by atoms with Crippen molar-refractivity contribution in [2.75, 3.05) is 26.8 Å². The Morgan fingerprint density at radius 1 is 0.949 bits per heavy atom. The van der Waals surface area contributed by atoms with Crippen LogP contribution >= 0.6 is 0 Å². The molecular formula is C31H39NO7. The van der Waals surface area contributed by atoms with E-state index in [0.717, 1.165) is 18.4 Å². The SMILES string of the molecule is CCOCOc1cc2c(c(OCOCC)c1)C(=O)O[C@H](C)CC=CCCC=CC(=NOCc1ccccc1)C2. The Bertz CT molecular complexity index is 1110. The number of carbonyl (C=O) groups is 1. The van der Waals surface area contributed by atoms with Gasteiger partial charge in [0.05, 0.1) is 5.71 Å². The molecule has 39 heavy (non-hydrogen) atoms. The molecule has 0 aliphatic carbocycles. The van der Waals surface area contributed by atoms with Gasteiger partial charge in [-0.2, -0.15) is 0 Å². The lowest BCUT2D eigenvalue weighted by Crippen LogP contribution is -2.19. The van der Waals surface area contributed by atoms with Crippen LogP contribution in [0.4, 0.5) is 0 Å². The van der Waals surface area contributed by atoms with Crippen molar-refractivity contribution >= 4 is 11.7 Å². The molecule has 8 heteroatoms. The van der Waals surface area contributed by atoms with Crippen molar-refractivity contribution in [3.8, 4) is 11.5 Å². The average Bonchev–Trinajstić information content (AvgIpc) is 2.92. The number of esters is 1. The molecule has 1 heterocycles. The van der Waals surface area contributed by atoms with E-state index >= 15 is 0 Å². The summed E-state index contributed by atoms with van der Waals surface area (Å²) < 4.78 is 28.3. The van der Waals surface area contributed by atoms with E-state index < -0.39 is 5.97 Å². The minimum atomic E-state index is -0.487. The molecule has 0 unspecified atom stereocenters. The zero-order valence-corrected chi connectivity index (χ0v) is 23.1. The van der Waals surface area contributed by atoms with Crippen LogP contribution in [0.25, 0.3) is 0 Å². The molecule has 210 valence electrons. The van der Waals surface area contributed by atoms with Crippen LogP contribution in [-0.4, -0.2) is 44.6 Å². The first-order valence-electron chi connectivity index (χ1n) is 13.4. The second-order valence-corrected chi connectivity index (χ2v) is 8.89. The van der Waals surface area contributed by atoms with Crippen LogP contribution < -0.4 is 9.47 Å². The summed E-state index contributed by atoms with van der Waals surface area (Å²) in [5.74, 6) is 0.312. The smallest absolute Gasteiger partial charge is 0.342 e. The van der Waals surface area contributed by atoms with Gasteiger partial charge in [0.1, 0.15) is 29.8 Å². The molecule has 1 aliphatic rings. The van der Waals surface area contributed by atoms with Crippen LogP contribution in [0.1, 0.15) is 61.5 Å². The van der Waals surface area contributed by atoms with Crippen molar-refractivity contribution in [3.05, 3.63) is 83.5 Å². The van der Waals surface area contributed by atoms with Crippen molar-refractivity contribution < 1.29 is 33.3 Å². The minimum Gasteiger partial charge on any atom is -0.467 e. The standard InChI is InChI=1S/C31H39NO7/c1-4-34-22-36-28-19-26-18-27(32-38-21-25-15-11-9-12-16-25)17-13-8-6-7-10-14-24(3)39-31(33)30(26)29(20-28)37-23-35-5-2/h7,9-13,15-17,19-20,24H,4-6,8,14,18,21-23H2,1-3H3/t24-/m1/s1. The number of ether oxygens (including phenoxy) is 5. The van der Waals surface area contributed by atoms with Gasteiger partial charge >= 0.3 is 5.97 Å². The third-order valence-electron chi connectivity index (χ3n) is 5.76. The number of hydrogen-bond donors (Lipinski definition) is 0. The molecule has 0 saturated carbocycles. The third-order valence-corrected chi connectivity index (χ3v) is 5.76. The van der Waals surface area contributed by atoms with E-state index in [-0.39, 0.29) is 26.1 Å². The quantitative estimate of drug-likeness (QED) is 0.108. The summed E-state index contributed by atoms with van der Waals surface area (Å²) in [6, 6.07) is 13.3. The summed E-state index contributed by atoms with van der Waals surface area (Å²) in [7, 11) is 0. The van der Waals surface area contributed by atoms with Crippen LogP contribution in [0, 0.1) is 0 Å². The summed E-state index contributed by atoms with van der Waals surface area (Å²) in [6.07, 6.45) is 10.4. The number of carbonyl (C=O) groups excluding carboxylic acids is 1. The van der Waals surface area contributed by atoms with Crippen LogP contribution in [0.2, 0.25) is 0 Å². The number of allylic oxidation sites excluding steroid dienone is 3. The van der Waals surface area contributed by atoms with Crippen molar-refractivity contribution in [1.29, 1.82) is 0 Å². The van der Waals surface area contributed by atoms with Gasteiger partial charge in [0, 0.05) is 32.1 Å². The Balaban J connectivity index is 2.01. The van der Waals surface area contributed by atoms with E-state index in [1.165, 1.54) is 0 Å². The molecule has 2 aromatic rings. The average molecular weight is 538 g/mol. The Labute approximate surface area is 231 Å². The van der Waals surface area contributed by atoms with Crippen LogP contribution in [0.3, 0.4) is 0 Å². The van der Waals surface area contributed by atoms with Crippen molar-refractivity contribution in [1.82, 2.24) is 0 Å². The molecule has 0 fully saturated rings. The molecule has 0 radical (unpaired) electrons. The van der Waals surface area contributed by atoms with E-state index in [2.05, 4.69) is 17.3 Å². The van der Waals surface area contributed by atoms with Gasteiger partial charge in [0.25, 0.3) is 0 Å². The summed E-state index contributed by atoms with van der Waals surface area (Å²) in [5.41, 5.74) is 2.59. The molecule has 0 bridgehead atoms. The fourth-order valence-corrected chi connectivity index (χ4v) is 3.78. The highest BCUT2D eigenvalue weighted by molar-refractivity contribution is 6.00. The molecular weight excluding hydrogens is 498 g/mol. The predicted molar refractivity (Wildman–Crippen MR) is 150 cm³/mol. The van der Waals surface area contributed by atoms with E-state index in [4.69, 9.17) is 28.5 Å². The zero-order chi connectivity index (χ0) is 27.7. The molecule has 0 aromatic heterocycles. The van der Waals surface area contributed by atoms with Gasteiger partial charge in [-0.05, 0) is 56.9 Å². The van der Waals surface area contributed by atoms with Gasteiger partial charge in [0.2, 0.25) is 0 Å². The molecule has 1 aliphatic heterocycles. The summed E-state index contributed by atoms with van der Waals surface area (Å²) >= 11 is 0. The van der Waals surface area contributed by atoms with E-state index in [0.29, 0.717) is 54.6 Å². The Kier molecular flexibility index (Phi) is 13.1. The zero-order valence-electron chi connectivity index (χ0n) is 23.1. The first-order valence-corrected chi connectivity index (χ1v) is 13.4. The second kappa shape index (κ2) is 17.1. The summed E-state index contributed by atoms with van der Waals surface area (Å²) in [4.78, 5) is 19.2. The van der Waals surface area contributed by atoms with Crippen molar-refractivity contribution in [3.63, 3.8) is 0 Å². The van der Waals surface area contributed by atoms with Gasteiger partial charge in [-0.1, -0.05) is 53.7 Å². The Morgan fingerprint density at radius 2 is 1.69 bits per heavy atom. The number of fused-ring (bicyclic) bond motifs is 1. The lowest BCUT2D eigenvalue weighted by molar-refractivity contribution is 0.0161. The molecule has 1 atom stereocenters. The molecule has 2 aromatic carbocycles. The molecule has 0 N–H and O–H groups in total. The topological polar surface area (TPSA) is 84.8 Å². The number of oxime groups is 1. The maximum Gasteiger partial charge on any atom is 0.342 e. The van der Waals surface area contributed by atoms with Crippen LogP contribution in [-0.2, 0) is 32.1 Å². The number of benzene rings is 2. The number of cyclic esters (lactones) is 1. The van der Waals surface area contributed by atoms with E-state index in [1.54, 1.807) is 12.1 Å². The summed E-state index contributed by atoms with van der Waals surface area (Å²) in [5, 5.41) is 4.43. The van der Waals surface area contributed by atoms with Gasteiger partial charge in [0.15, 0.2) is 13.6 Å². The number of nitrogens with zero attached hydrogens (tertiary/aromatic N) is 1. The molecule has 3 rings (SSSR count). The second-order valence-electron chi connectivity index (χ2n) is 8.89. The highest BCUT2D eigenvalue weighted by atomic mass is 16.7. The Morgan fingerprint density at radius 3 is 2.46 bits per heavy atom.